The van der Waals surface area contributed by atoms with Crippen molar-refractivity contribution in [3.63, 3.8) is 0 Å². The van der Waals surface area contributed by atoms with Crippen LogP contribution in [0.3, 0.4) is 0 Å². The largest absolute Gasteiger partial charge is 0.337 e. The lowest BCUT2D eigenvalue weighted by Gasteiger charge is -2.17. The van der Waals surface area contributed by atoms with Gasteiger partial charge in [-0.1, -0.05) is 13.8 Å². The topological polar surface area (TPSA) is 83.1 Å². The molecule has 0 bridgehead atoms. The van der Waals surface area contributed by atoms with E-state index in [1.807, 2.05) is 0 Å². The first-order valence-electron chi connectivity index (χ1n) is 6.50. The van der Waals surface area contributed by atoms with Gasteiger partial charge in [-0.25, -0.2) is 8.42 Å². The van der Waals surface area contributed by atoms with Crippen molar-refractivity contribution in [1.29, 1.82) is 0 Å². The van der Waals surface area contributed by atoms with E-state index in [1.165, 1.54) is 6.92 Å². The van der Waals surface area contributed by atoms with E-state index in [-0.39, 0.29) is 22.2 Å². The van der Waals surface area contributed by atoms with Crippen LogP contribution in [0.25, 0.3) is 0 Å². The van der Waals surface area contributed by atoms with E-state index in [1.54, 1.807) is 4.90 Å². The molecule has 1 saturated heterocycles. The third-order valence-electron chi connectivity index (χ3n) is 3.79. The molecule has 2 rings (SSSR count). The van der Waals surface area contributed by atoms with Crippen molar-refractivity contribution in [3.8, 4) is 0 Å². The zero-order valence-corrected chi connectivity index (χ0v) is 13.3. The minimum absolute atomic E-state index is 0.109. The highest BCUT2D eigenvalue weighted by Crippen LogP contribution is 2.27. The van der Waals surface area contributed by atoms with Crippen molar-refractivity contribution in [2.75, 3.05) is 13.1 Å². The molecule has 1 amide bonds. The maximum Gasteiger partial charge on any atom is 0.275 e. The van der Waals surface area contributed by atoms with Crippen LogP contribution >= 0.6 is 10.7 Å². The molecular weight excluding hydrogens is 302 g/mol. The molecule has 1 fully saturated rings. The highest BCUT2D eigenvalue weighted by atomic mass is 35.7. The second-order valence-corrected chi connectivity index (χ2v) is 8.01. The van der Waals surface area contributed by atoms with E-state index in [0.29, 0.717) is 24.9 Å². The molecule has 1 N–H and O–H groups in total. The number of nitrogens with one attached hydrogen (secondary N) is 1. The van der Waals surface area contributed by atoms with Gasteiger partial charge in [-0.2, -0.15) is 5.10 Å². The summed E-state index contributed by atoms with van der Waals surface area (Å²) in [5.41, 5.74) is 0.171. The van der Waals surface area contributed by atoms with Gasteiger partial charge in [-0.15, -0.1) is 0 Å². The van der Waals surface area contributed by atoms with Gasteiger partial charge >= 0.3 is 0 Å². The molecule has 0 saturated carbocycles. The first-order valence-corrected chi connectivity index (χ1v) is 8.81. The van der Waals surface area contributed by atoms with Crippen LogP contribution in [0.1, 0.15) is 36.5 Å². The van der Waals surface area contributed by atoms with Gasteiger partial charge in [0.2, 0.25) is 0 Å². The van der Waals surface area contributed by atoms with Crippen molar-refractivity contribution < 1.29 is 13.2 Å². The standard InChI is InChI=1S/C12H18ClN3O3S/c1-7(2)9-4-5-16(6-9)12(17)10-11(20(13,18)19)8(3)14-15-10/h7,9H,4-6H2,1-3H3,(H,14,15). The molecule has 1 aromatic heterocycles. The SMILES string of the molecule is Cc1[nH]nc(C(=O)N2CCC(C(C)C)C2)c1S(=O)(=O)Cl. The Bertz CT molecular complexity index is 624. The molecule has 1 aliphatic heterocycles. The predicted molar refractivity (Wildman–Crippen MR) is 75.2 cm³/mol. The lowest BCUT2D eigenvalue weighted by atomic mass is 9.95. The van der Waals surface area contributed by atoms with Gasteiger partial charge < -0.3 is 4.90 Å². The molecule has 6 nitrogen and oxygen atoms in total. The van der Waals surface area contributed by atoms with Gasteiger partial charge in [0.25, 0.3) is 15.0 Å². The molecule has 8 heteroatoms. The number of H-pyrrole nitrogens is 1. The maximum atomic E-state index is 12.4. The Morgan fingerprint density at radius 1 is 1.50 bits per heavy atom. The van der Waals surface area contributed by atoms with Crippen molar-refractivity contribution in [2.45, 2.75) is 32.1 Å². The Labute approximate surface area is 122 Å². The summed E-state index contributed by atoms with van der Waals surface area (Å²) in [6.45, 7) is 7.01. The number of carbonyl (C=O) groups is 1. The minimum Gasteiger partial charge on any atom is -0.337 e. The van der Waals surface area contributed by atoms with Crippen LogP contribution in [0.5, 0.6) is 0 Å². The van der Waals surface area contributed by atoms with Crippen molar-refractivity contribution >= 4 is 25.6 Å². The number of aryl methyl sites for hydroxylation is 1. The lowest BCUT2D eigenvalue weighted by Crippen LogP contribution is -2.30. The van der Waals surface area contributed by atoms with Gasteiger partial charge in [0.15, 0.2) is 5.69 Å². The predicted octanol–water partition coefficient (Wildman–Crippen LogP) is 1.76. The van der Waals surface area contributed by atoms with E-state index in [4.69, 9.17) is 10.7 Å². The van der Waals surface area contributed by atoms with Gasteiger partial charge in [0.05, 0.1) is 5.69 Å². The number of halogens is 1. The molecule has 0 aromatic carbocycles. The second-order valence-electron chi connectivity index (χ2n) is 5.51. The van der Waals surface area contributed by atoms with E-state index in [0.717, 1.165) is 6.42 Å². The fourth-order valence-electron chi connectivity index (χ4n) is 2.53. The summed E-state index contributed by atoms with van der Waals surface area (Å²) >= 11 is 0. The minimum atomic E-state index is -3.99. The summed E-state index contributed by atoms with van der Waals surface area (Å²) in [7, 11) is 1.39. The number of hydrogen-bond acceptors (Lipinski definition) is 4. The number of aromatic nitrogens is 2. The summed E-state index contributed by atoms with van der Waals surface area (Å²) in [4.78, 5) is 13.9. The van der Waals surface area contributed by atoms with Crippen LogP contribution in [0.4, 0.5) is 0 Å². The zero-order valence-electron chi connectivity index (χ0n) is 11.7. The van der Waals surface area contributed by atoms with Gasteiger partial charge in [0.1, 0.15) is 4.90 Å². The Morgan fingerprint density at radius 2 is 2.15 bits per heavy atom. The summed E-state index contributed by atoms with van der Waals surface area (Å²) in [5, 5.41) is 6.34. The van der Waals surface area contributed by atoms with Crippen LogP contribution in [0.2, 0.25) is 0 Å². The number of hydrogen-bond donors (Lipinski definition) is 1. The summed E-state index contributed by atoms with van der Waals surface area (Å²) < 4.78 is 23.1. The highest BCUT2D eigenvalue weighted by molar-refractivity contribution is 8.13. The summed E-state index contributed by atoms with van der Waals surface area (Å²) in [6, 6.07) is 0. The zero-order chi connectivity index (χ0) is 15.1. The van der Waals surface area contributed by atoms with Crippen LogP contribution in [0.15, 0.2) is 4.90 Å². The number of nitrogens with zero attached hydrogens (tertiary/aromatic N) is 2. The number of carbonyl (C=O) groups excluding carboxylic acids is 1. The van der Waals surface area contributed by atoms with E-state index in [9.17, 15) is 13.2 Å². The van der Waals surface area contributed by atoms with E-state index < -0.39 is 9.05 Å². The molecule has 1 aromatic rings. The second kappa shape index (κ2) is 5.37. The first kappa shape index (κ1) is 15.3. The fraction of sp³-hybridized carbons (Fsp3) is 0.667. The average molecular weight is 320 g/mol. The molecule has 0 aliphatic carbocycles. The van der Waals surface area contributed by atoms with Gasteiger partial charge in [-0.05, 0) is 25.2 Å². The van der Waals surface area contributed by atoms with Crippen LogP contribution in [-0.2, 0) is 9.05 Å². The van der Waals surface area contributed by atoms with Crippen molar-refractivity contribution in [2.24, 2.45) is 11.8 Å². The molecule has 1 atom stereocenters. The molecule has 1 aliphatic rings. The Morgan fingerprint density at radius 3 is 2.65 bits per heavy atom. The quantitative estimate of drug-likeness (QED) is 0.861. The Hall–Kier alpha value is -1.08. The first-order chi connectivity index (χ1) is 9.21. The maximum absolute atomic E-state index is 12.4. The Kier molecular flexibility index (Phi) is 4.11. The fourth-order valence-corrected chi connectivity index (χ4v) is 3.87. The molecule has 0 spiro atoms. The molecule has 1 unspecified atom stereocenters. The third kappa shape index (κ3) is 2.83. The Balaban J connectivity index is 2.28. The molecular formula is C12H18ClN3O3S. The number of rotatable bonds is 3. The monoisotopic (exact) mass is 319 g/mol. The average Bonchev–Trinajstić information content (AvgIpc) is 2.92. The van der Waals surface area contributed by atoms with Crippen LogP contribution < -0.4 is 0 Å². The van der Waals surface area contributed by atoms with Gasteiger partial charge in [-0.3, -0.25) is 9.89 Å². The number of aromatic amines is 1. The summed E-state index contributed by atoms with van der Waals surface area (Å²) in [5.74, 6) is 0.553. The van der Waals surface area contributed by atoms with Gasteiger partial charge in [0, 0.05) is 23.8 Å². The molecule has 2 heterocycles. The molecule has 112 valence electrons. The van der Waals surface area contributed by atoms with Crippen LogP contribution in [-0.4, -0.2) is 42.5 Å². The smallest absolute Gasteiger partial charge is 0.275 e. The highest BCUT2D eigenvalue weighted by Gasteiger charge is 2.34. The summed E-state index contributed by atoms with van der Waals surface area (Å²) in [6.07, 6.45) is 0.926. The molecule has 0 radical (unpaired) electrons. The van der Waals surface area contributed by atoms with Crippen molar-refractivity contribution in [1.82, 2.24) is 15.1 Å². The normalized spacial score (nSPS) is 19.9. The lowest BCUT2D eigenvalue weighted by molar-refractivity contribution is 0.0774. The molecule has 20 heavy (non-hydrogen) atoms. The van der Waals surface area contributed by atoms with E-state index in [2.05, 4.69) is 24.0 Å². The number of likely N-dealkylation sites (tertiary alicyclic amines) is 1. The van der Waals surface area contributed by atoms with Crippen LogP contribution in [0, 0.1) is 18.8 Å². The van der Waals surface area contributed by atoms with Crippen molar-refractivity contribution in [3.05, 3.63) is 11.4 Å². The number of amides is 1. The third-order valence-corrected chi connectivity index (χ3v) is 5.24. The van der Waals surface area contributed by atoms with E-state index >= 15 is 0 Å².